The number of carbonyl (C=O) groups excluding carboxylic acids is 1. The smallest absolute Gasteiger partial charge is 0.222 e. The Balaban J connectivity index is 1.89. The SMILES string of the molecule is CCCC(=O)N1CCC[C@H](NS(C)(=O)=O)[C@@H]1Cc1cccc(-c2ccccc2)c1. The number of piperidine rings is 1. The molecule has 0 aromatic heterocycles. The summed E-state index contributed by atoms with van der Waals surface area (Å²) in [6.45, 7) is 2.68. The predicted octanol–water partition coefficient (Wildman–Crippen LogP) is 3.61. The van der Waals surface area contributed by atoms with Gasteiger partial charge in [0.05, 0.1) is 12.3 Å². The molecule has 0 spiro atoms. The van der Waals surface area contributed by atoms with E-state index in [1.807, 2.05) is 36.1 Å². The highest BCUT2D eigenvalue weighted by Crippen LogP contribution is 2.26. The lowest BCUT2D eigenvalue weighted by molar-refractivity contribution is -0.135. The number of sulfonamides is 1. The van der Waals surface area contributed by atoms with Crippen LogP contribution in [0.3, 0.4) is 0 Å². The third-order valence-corrected chi connectivity index (χ3v) is 6.14. The molecule has 29 heavy (non-hydrogen) atoms. The Hall–Kier alpha value is -2.18. The van der Waals surface area contributed by atoms with E-state index in [0.29, 0.717) is 19.4 Å². The molecule has 156 valence electrons. The summed E-state index contributed by atoms with van der Waals surface area (Å²) in [5, 5.41) is 0. The molecule has 1 aliphatic heterocycles. The Morgan fingerprint density at radius 1 is 1.10 bits per heavy atom. The molecule has 0 aliphatic carbocycles. The van der Waals surface area contributed by atoms with Crippen molar-refractivity contribution in [3.05, 3.63) is 60.2 Å². The van der Waals surface area contributed by atoms with Crippen molar-refractivity contribution < 1.29 is 13.2 Å². The van der Waals surface area contributed by atoms with E-state index in [4.69, 9.17) is 0 Å². The highest BCUT2D eigenvalue weighted by atomic mass is 32.2. The highest BCUT2D eigenvalue weighted by Gasteiger charge is 2.35. The van der Waals surface area contributed by atoms with Crippen LogP contribution >= 0.6 is 0 Å². The van der Waals surface area contributed by atoms with Gasteiger partial charge in [0.1, 0.15) is 0 Å². The van der Waals surface area contributed by atoms with E-state index in [1.54, 1.807) is 0 Å². The molecule has 2 atom stereocenters. The van der Waals surface area contributed by atoms with E-state index >= 15 is 0 Å². The minimum absolute atomic E-state index is 0.108. The van der Waals surface area contributed by atoms with Crippen LogP contribution in [0.5, 0.6) is 0 Å². The molecule has 2 aromatic carbocycles. The third-order valence-electron chi connectivity index (χ3n) is 5.41. The minimum atomic E-state index is -3.35. The van der Waals surface area contributed by atoms with Crippen molar-refractivity contribution in [2.45, 2.75) is 51.1 Å². The molecule has 6 heteroatoms. The van der Waals surface area contributed by atoms with Gasteiger partial charge in [-0.2, -0.15) is 0 Å². The van der Waals surface area contributed by atoms with Gasteiger partial charge in [0, 0.05) is 19.0 Å². The van der Waals surface area contributed by atoms with Gasteiger partial charge in [-0.15, -0.1) is 0 Å². The van der Waals surface area contributed by atoms with Crippen LogP contribution in [0.2, 0.25) is 0 Å². The average molecular weight is 415 g/mol. The zero-order valence-electron chi connectivity index (χ0n) is 17.2. The van der Waals surface area contributed by atoms with Gasteiger partial charge in [0.25, 0.3) is 0 Å². The Morgan fingerprint density at radius 2 is 1.83 bits per heavy atom. The van der Waals surface area contributed by atoms with Crippen molar-refractivity contribution in [3.63, 3.8) is 0 Å². The third kappa shape index (κ3) is 5.90. The van der Waals surface area contributed by atoms with Crippen molar-refractivity contribution in [3.8, 4) is 11.1 Å². The maximum Gasteiger partial charge on any atom is 0.222 e. The van der Waals surface area contributed by atoms with Gasteiger partial charge in [-0.25, -0.2) is 13.1 Å². The number of nitrogens with one attached hydrogen (secondary N) is 1. The van der Waals surface area contributed by atoms with Crippen LogP contribution in [-0.2, 0) is 21.2 Å². The topological polar surface area (TPSA) is 66.5 Å². The molecule has 5 nitrogen and oxygen atoms in total. The summed E-state index contributed by atoms with van der Waals surface area (Å²) in [6, 6.07) is 18.0. The summed E-state index contributed by atoms with van der Waals surface area (Å²) < 4.78 is 26.6. The van der Waals surface area contributed by atoms with Crippen molar-refractivity contribution in [2.24, 2.45) is 0 Å². The number of amides is 1. The van der Waals surface area contributed by atoms with Gasteiger partial charge in [0.2, 0.25) is 15.9 Å². The number of carbonyl (C=O) groups is 1. The van der Waals surface area contributed by atoms with Gasteiger partial charge in [-0.3, -0.25) is 4.79 Å². The zero-order chi connectivity index (χ0) is 20.9. The zero-order valence-corrected chi connectivity index (χ0v) is 18.0. The van der Waals surface area contributed by atoms with Gasteiger partial charge >= 0.3 is 0 Å². The van der Waals surface area contributed by atoms with Crippen LogP contribution in [0.15, 0.2) is 54.6 Å². The summed E-state index contributed by atoms with van der Waals surface area (Å²) in [5.41, 5.74) is 3.37. The normalized spacial score (nSPS) is 19.9. The van der Waals surface area contributed by atoms with Gasteiger partial charge in [0.15, 0.2) is 0 Å². The molecule has 0 bridgehead atoms. The second-order valence-electron chi connectivity index (χ2n) is 7.81. The van der Waals surface area contributed by atoms with Gasteiger partial charge < -0.3 is 4.90 Å². The first-order valence-corrected chi connectivity index (χ1v) is 12.2. The second-order valence-corrected chi connectivity index (χ2v) is 9.59. The summed E-state index contributed by atoms with van der Waals surface area (Å²) >= 11 is 0. The quantitative estimate of drug-likeness (QED) is 0.753. The van der Waals surface area contributed by atoms with Crippen LogP contribution in [0.25, 0.3) is 11.1 Å². The molecule has 1 saturated heterocycles. The molecule has 0 unspecified atom stereocenters. The van der Waals surface area contributed by atoms with Crippen LogP contribution in [0.4, 0.5) is 0 Å². The van der Waals surface area contributed by atoms with Gasteiger partial charge in [-0.1, -0.05) is 61.5 Å². The fraction of sp³-hybridized carbons (Fsp3) is 0.435. The van der Waals surface area contributed by atoms with Gasteiger partial charge in [-0.05, 0) is 42.4 Å². The molecule has 1 heterocycles. The maximum absolute atomic E-state index is 12.7. The fourth-order valence-electron chi connectivity index (χ4n) is 4.14. The predicted molar refractivity (Wildman–Crippen MR) is 117 cm³/mol. The average Bonchev–Trinajstić information content (AvgIpc) is 2.69. The van der Waals surface area contributed by atoms with Crippen molar-refractivity contribution in [2.75, 3.05) is 12.8 Å². The monoisotopic (exact) mass is 414 g/mol. The van der Waals surface area contributed by atoms with E-state index in [0.717, 1.165) is 36.0 Å². The van der Waals surface area contributed by atoms with Crippen LogP contribution in [0, 0.1) is 0 Å². The number of nitrogens with zero attached hydrogens (tertiary/aromatic N) is 1. The van der Waals surface area contributed by atoms with Crippen LogP contribution in [-0.4, -0.2) is 44.1 Å². The largest absolute Gasteiger partial charge is 0.338 e. The molecule has 1 amide bonds. The highest BCUT2D eigenvalue weighted by molar-refractivity contribution is 7.88. The van der Waals surface area contributed by atoms with Crippen LogP contribution in [0.1, 0.15) is 38.2 Å². The van der Waals surface area contributed by atoms with Crippen LogP contribution < -0.4 is 4.72 Å². The first-order chi connectivity index (χ1) is 13.9. The number of hydrogen-bond donors (Lipinski definition) is 1. The summed E-state index contributed by atoms with van der Waals surface area (Å²) in [4.78, 5) is 14.6. The number of likely N-dealkylation sites (tertiary alicyclic amines) is 1. The molecule has 0 radical (unpaired) electrons. The molecule has 1 aliphatic rings. The summed E-state index contributed by atoms with van der Waals surface area (Å²) in [7, 11) is -3.35. The molecule has 2 aromatic rings. The Bertz CT molecular complexity index is 928. The number of rotatable bonds is 7. The number of hydrogen-bond acceptors (Lipinski definition) is 3. The lowest BCUT2D eigenvalue weighted by Crippen LogP contribution is -2.57. The molecular weight excluding hydrogens is 384 g/mol. The lowest BCUT2D eigenvalue weighted by atomic mass is 9.90. The number of benzene rings is 2. The van der Waals surface area contributed by atoms with Crippen molar-refractivity contribution in [1.82, 2.24) is 9.62 Å². The molecule has 3 rings (SSSR count). The van der Waals surface area contributed by atoms with E-state index in [9.17, 15) is 13.2 Å². The maximum atomic E-state index is 12.7. The van der Waals surface area contributed by atoms with E-state index in [-0.39, 0.29) is 18.0 Å². The fourth-order valence-corrected chi connectivity index (χ4v) is 4.96. The summed E-state index contributed by atoms with van der Waals surface area (Å²) in [6.07, 6.45) is 4.65. The molecule has 0 saturated carbocycles. The first-order valence-electron chi connectivity index (χ1n) is 10.3. The van der Waals surface area contributed by atoms with Crippen molar-refractivity contribution in [1.29, 1.82) is 0 Å². The van der Waals surface area contributed by atoms with E-state index < -0.39 is 10.0 Å². The Labute approximate surface area is 174 Å². The van der Waals surface area contributed by atoms with E-state index in [1.165, 1.54) is 6.26 Å². The Kier molecular flexibility index (Phi) is 7.09. The lowest BCUT2D eigenvalue weighted by Gasteiger charge is -2.41. The second kappa shape index (κ2) is 9.55. The molecule has 1 N–H and O–H groups in total. The standard InChI is InChI=1S/C23H30N2O3S/c1-3-9-23(26)25-15-8-14-21(24-29(2,27)28)22(25)17-18-10-7-13-20(16-18)19-11-5-4-6-12-19/h4-7,10-13,16,21-22,24H,3,8-9,14-15,17H2,1-2H3/t21-,22-/m0/s1. The molecular formula is C23H30N2O3S. The van der Waals surface area contributed by atoms with E-state index in [2.05, 4.69) is 35.1 Å². The summed E-state index contributed by atoms with van der Waals surface area (Å²) in [5.74, 6) is 0.108. The van der Waals surface area contributed by atoms with Crippen molar-refractivity contribution >= 4 is 15.9 Å². The molecule has 1 fully saturated rings. The first kappa shape index (κ1) is 21.5. The Morgan fingerprint density at radius 3 is 2.52 bits per heavy atom. The minimum Gasteiger partial charge on any atom is -0.338 e.